The van der Waals surface area contributed by atoms with Gasteiger partial charge in [-0.05, 0) is 11.1 Å². The number of carbonyl (C=O) groups is 2. The van der Waals surface area contributed by atoms with E-state index in [0.29, 0.717) is 0 Å². The molecule has 1 aliphatic carbocycles. The van der Waals surface area contributed by atoms with Crippen LogP contribution in [0.2, 0.25) is 0 Å². The summed E-state index contributed by atoms with van der Waals surface area (Å²) >= 11 is 0. The third kappa shape index (κ3) is 5.25. The molecular formula is C22H24O6. The fourth-order valence-corrected chi connectivity index (χ4v) is 3.25. The molecule has 28 heavy (non-hydrogen) atoms. The quantitative estimate of drug-likeness (QED) is 0.739. The van der Waals surface area contributed by atoms with E-state index in [1.54, 1.807) is 0 Å². The van der Waals surface area contributed by atoms with E-state index < -0.39 is 30.4 Å². The lowest BCUT2D eigenvalue weighted by Crippen LogP contribution is -2.57. The first kappa shape index (κ1) is 20.2. The van der Waals surface area contributed by atoms with E-state index in [0.717, 1.165) is 11.1 Å². The van der Waals surface area contributed by atoms with Crippen LogP contribution in [-0.4, -0.2) is 41.3 Å². The highest BCUT2D eigenvalue weighted by molar-refractivity contribution is 5.87. The summed E-state index contributed by atoms with van der Waals surface area (Å²) in [6, 6.07) is 18.9. The molecule has 148 valence electrons. The lowest BCUT2D eigenvalue weighted by atomic mass is 9.88. The zero-order chi connectivity index (χ0) is 19.9. The van der Waals surface area contributed by atoms with Crippen LogP contribution in [0.4, 0.5) is 0 Å². The average molecular weight is 384 g/mol. The highest BCUT2D eigenvalue weighted by Crippen LogP contribution is 2.27. The Morgan fingerprint density at radius 3 is 1.93 bits per heavy atom. The van der Waals surface area contributed by atoms with E-state index in [2.05, 4.69) is 0 Å². The molecular weight excluding hydrogens is 360 g/mol. The molecule has 0 spiro atoms. The van der Waals surface area contributed by atoms with Crippen molar-refractivity contribution < 1.29 is 28.9 Å². The summed E-state index contributed by atoms with van der Waals surface area (Å²) in [6.45, 7) is 1.69. The zero-order valence-corrected chi connectivity index (χ0v) is 15.7. The van der Waals surface area contributed by atoms with Crippen molar-refractivity contribution in [1.29, 1.82) is 0 Å². The standard InChI is InChI=1S/C22H24O6/c1-15(23)28-21-19(25)12-18(24)20(26-13-16-8-4-2-5-9-16)22(21)27-14-17-10-6-3-7-11-17/h2-11,18,20-22,24H,12-14H2,1H3/t18-,20+,21+,22-/m0/s1. The van der Waals surface area contributed by atoms with Gasteiger partial charge >= 0.3 is 5.97 Å². The van der Waals surface area contributed by atoms with E-state index >= 15 is 0 Å². The maximum absolute atomic E-state index is 12.4. The van der Waals surface area contributed by atoms with Gasteiger partial charge in [-0.2, -0.15) is 0 Å². The third-order valence-electron chi connectivity index (χ3n) is 4.59. The Hall–Kier alpha value is -2.54. The van der Waals surface area contributed by atoms with Gasteiger partial charge in [-0.3, -0.25) is 9.59 Å². The number of aliphatic hydroxyl groups is 1. The number of hydrogen-bond donors (Lipinski definition) is 1. The summed E-state index contributed by atoms with van der Waals surface area (Å²) in [4.78, 5) is 23.9. The maximum atomic E-state index is 12.4. The van der Waals surface area contributed by atoms with Crippen molar-refractivity contribution in [2.24, 2.45) is 0 Å². The van der Waals surface area contributed by atoms with Gasteiger partial charge in [-0.25, -0.2) is 0 Å². The van der Waals surface area contributed by atoms with Gasteiger partial charge in [0.1, 0.15) is 12.2 Å². The van der Waals surface area contributed by atoms with Crippen molar-refractivity contribution in [2.75, 3.05) is 0 Å². The second kappa shape index (κ2) is 9.59. The van der Waals surface area contributed by atoms with Gasteiger partial charge in [-0.15, -0.1) is 0 Å². The van der Waals surface area contributed by atoms with Gasteiger partial charge in [0, 0.05) is 13.3 Å². The molecule has 0 unspecified atom stereocenters. The van der Waals surface area contributed by atoms with Crippen LogP contribution in [0.3, 0.4) is 0 Å². The maximum Gasteiger partial charge on any atom is 0.303 e. The number of ether oxygens (including phenoxy) is 3. The van der Waals surface area contributed by atoms with E-state index in [1.165, 1.54) is 6.92 Å². The lowest BCUT2D eigenvalue weighted by Gasteiger charge is -2.38. The smallest absolute Gasteiger partial charge is 0.303 e. The Morgan fingerprint density at radius 2 is 1.43 bits per heavy atom. The van der Waals surface area contributed by atoms with Crippen LogP contribution in [0.25, 0.3) is 0 Å². The number of rotatable bonds is 7. The number of aliphatic hydroxyl groups excluding tert-OH is 1. The summed E-state index contributed by atoms with van der Waals surface area (Å²) in [5.74, 6) is -0.954. The van der Waals surface area contributed by atoms with Crippen molar-refractivity contribution in [3.05, 3.63) is 71.8 Å². The minimum atomic E-state index is -1.11. The van der Waals surface area contributed by atoms with Gasteiger partial charge in [0.25, 0.3) is 0 Å². The average Bonchev–Trinajstić information content (AvgIpc) is 2.69. The van der Waals surface area contributed by atoms with Crippen LogP contribution < -0.4 is 0 Å². The van der Waals surface area contributed by atoms with Crippen LogP contribution in [-0.2, 0) is 37.0 Å². The first-order valence-corrected chi connectivity index (χ1v) is 9.23. The predicted octanol–water partition coefficient (Wildman–Crippen LogP) is 2.42. The fourth-order valence-electron chi connectivity index (χ4n) is 3.25. The zero-order valence-electron chi connectivity index (χ0n) is 15.7. The highest BCUT2D eigenvalue weighted by Gasteiger charge is 2.47. The molecule has 6 nitrogen and oxygen atoms in total. The Morgan fingerprint density at radius 1 is 0.929 bits per heavy atom. The minimum Gasteiger partial charge on any atom is -0.452 e. The van der Waals surface area contributed by atoms with Gasteiger partial charge < -0.3 is 19.3 Å². The van der Waals surface area contributed by atoms with Crippen molar-refractivity contribution >= 4 is 11.8 Å². The molecule has 2 aromatic carbocycles. The van der Waals surface area contributed by atoms with Crippen molar-refractivity contribution in [3.63, 3.8) is 0 Å². The second-order valence-corrected chi connectivity index (χ2v) is 6.79. The van der Waals surface area contributed by atoms with E-state index in [1.807, 2.05) is 60.7 Å². The number of benzene rings is 2. The molecule has 1 fully saturated rings. The van der Waals surface area contributed by atoms with Crippen LogP contribution in [0.15, 0.2) is 60.7 Å². The second-order valence-electron chi connectivity index (χ2n) is 6.79. The molecule has 0 radical (unpaired) electrons. The summed E-state index contributed by atoms with van der Waals surface area (Å²) in [5, 5.41) is 10.5. The molecule has 6 heteroatoms. The summed E-state index contributed by atoms with van der Waals surface area (Å²) < 4.78 is 17.1. The molecule has 0 amide bonds. The molecule has 1 saturated carbocycles. The topological polar surface area (TPSA) is 82.1 Å². The predicted molar refractivity (Wildman–Crippen MR) is 101 cm³/mol. The molecule has 0 bridgehead atoms. The number of ketones is 1. The molecule has 1 N–H and O–H groups in total. The Bertz CT molecular complexity index is 776. The summed E-state index contributed by atoms with van der Waals surface area (Å²) in [5.41, 5.74) is 1.83. The first-order valence-electron chi connectivity index (χ1n) is 9.23. The van der Waals surface area contributed by atoms with E-state index in [-0.39, 0.29) is 25.4 Å². The first-order chi connectivity index (χ1) is 13.5. The number of hydrogen-bond acceptors (Lipinski definition) is 6. The normalized spacial score (nSPS) is 24.7. The number of Topliss-reactive ketones (excluding diaryl/α,β-unsaturated/α-hetero) is 1. The van der Waals surface area contributed by atoms with Crippen LogP contribution in [0.5, 0.6) is 0 Å². The third-order valence-corrected chi connectivity index (χ3v) is 4.59. The summed E-state index contributed by atoms with van der Waals surface area (Å²) in [7, 11) is 0. The minimum absolute atomic E-state index is 0.150. The SMILES string of the molecule is CC(=O)O[C@@H]1C(=O)C[C@H](O)[C@@H](OCc2ccccc2)[C@@H]1OCc1ccccc1. The van der Waals surface area contributed by atoms with E-state index in [4.69, 9.17) is 14.2 Å². The molecule has 2 aromatic rings. The molecule has 4 atom stereocenters. The van der Waals surface area contributed by atoms with Crippen molar-refractivity contribution in [1.82, 2.24) is 0 Å². The molecule has 1 aliphatic rings. The van der Waals surface area contributed by atoms with Gasteiger partial charge in [0.15, 0.2) is 11.9 Å². The van der Waals surface area contributed by atoms with Crippen LogP contribution in [0.1, 0.15) is 24.5 Å². The highest BCUT2D eigenvalue weighted by atomic mass is 16.6. The van der Waals surface area contributed by atoms with Crippen molar-refractivity contribution in [2.45, 2.75) is 51.0 Å². The molecule has 0 saturated heterocycles. The largest absolute Gasteiger partial charge is 0.452 e. The Labute approximate surface area is 164 Å². The van der Waals surface area contributed by atoms with Gasteiger partial charge in [-0.1, -0.05) is 60.7 Å². The van der Waals surface area contributed by atoms with Gasteiger partial charge in [0.2, 0.25) is 0 Å². The lowest BCUT2D eigenvalue weighted by molar-refractivity contribution is -0.202. The number of esters is 1. The summed E-state index contributed by atoms with van der Waals surface area (Å²) in [6.07, 6.45) is -3.99. The monoisotopic (exact) mass is 384 g/mol. The molecule has 0 aromatic heterocycles. The molecule has 0 aliphatic heterocycles. The Kier molecular flexibility index (Phi) is 6.92. The van der Waals surface area contributed by atoms with Crippen LogP contribution in [0, 0.1) is 0 Å². The fraction of sp³-hybridized carbons (Fsp3) is 0.364. The molecule has 0 heterocycles. The Balaban J connectivity index is 1.77. The van der Waals surface area contributed by atoms with E-state index in [9.17, 15) is 14.7 Å². The van der Waals surface area contributed by atoms with Crippen LogP contribution >= 0.6 is 0 Å². The molecule has 3 rings (SSSR count). The number of carbonyl (C=O) groups excluding carboxylic acids is 2. The van der Waals surface area contributed by atoms with Crippen molar-refractivity contribution in [3.8, 4) is 0 Å². The van der Waals surface area contributed by atoms with Gasteiger partial charge in [0.05, 0.1) is 19.3 Å².